The van der Waals surface area contributed by atoms with E-state index in [1.165, 1.54) is 30.3 Å². The van der Waals surface area contributed by atoms with E-state index in [0.717, 1.165) is 18.4 Å². The number of halogens is 2. The van der Waals surface area contributed by atoms with Gasteiger partial charge in [0, 0.05) is 10.6 Å². The van der Waals surface area contributed by atoms with Crippen molar-refractivity contribution in [1.82, 2.24) is 0 Å². The van der Waals surface area contributed by atoms with Crippen molar-refractivity contribution in [2.24, 2.45) is 0 Å². The second kappa shape index (κ2) is 6.33. The van der Waals surface area contributed by atoms with E-state index < -0.39 is 21.7 Å². The zero-order chi connectivity index (χ0) is 16.3. The lowest BCUT2D eigenvalue weighted by molar-refractivity contribution is 0.102. The number of amides is 1. The first-order valence-corrected chi connectivity index (χ1v) is 8.36. The fourth-order valence-electron chi connectivity index (χ4n) is 1.70. The van der Waals surface area contributed by atoms with Crippen molar-refractivity contribution >= 4 is 38.9 Å². The van der Waals surface area contributed by atoms with Crippen molar-refractivity contribution in [2.45, 2.75) is 0 Å². The Bertz CT molecular complexity index is 807. The van der Waals surface area contributed by atoms with Crippen LogP contribution in [0.1, 0.15) is 10.4 Å². The molecule has 0 radical (unpaired) electrons. The van der Waals surface area contributed by atoms with Gasteiger partial charge in [-0.2, -0.15) is 0 Å². The quantitative estimate of drug-likeness (QED) is 0.896. The standard InChI is InChI=1S/C14H12ClFN2O3S/c1-22(20,21)18-12-7-6-11(16)8-13(12)17-14(19)9-2-4-10(15)5-3-9/h2-8,18H,1H3,(H,17,19). The normalized spacial score (nSPS) is 11.0. The third-order valence-electron chi connectivity index (χ3n) is 2.63. The molecule has 0 aliphatic carbocycles. The molecule has 0 fully saturated rings. The van der Waals surface area contributed by atoms with E-state index in [0.29, 0.717) is 10.6 Å². The number of carbonyl (C=O) groups is 1. The van der Waals surface area contributed by atoms with E-state index in [4.69, 9.17) is 11.6 Å². The predicted octanol–water partition coefficient (Wildman–Crippen LogP) is 3.10. The van der Waals surface area contributed by atoms with Gasteiger partial charge in [-0.15, -0.1) is 0 Å². The summed E-state index contributed by atoms with van der Waals surface area (Å²) in [6.45, 7) is 0. The molecule has 0 aromatic heterocycles. The number of anilines is 2. The fourth-order valence-corrected chi connectivity index (χ4v) is 2.41. The zero-order valence-electron chi connectivity index (χ0n) is 11.4. The SMILES string of the molecule is CS(=O)(=O)Nc1ccc(F)cc1NC(=O)c1ccc(Cl)cc1. The fraction of sp³-hybridized carbons (Fsp3) is 0.0714. The van der Waals surface area contributed by atoms with Crippen LogP contribution in [0.25, 0.3) is 0 Å². The predicted molar refractivity (Wildman–Crippen MR) is 84.3 cm³/mol. The first kappa shape index (κ1) is 16.3. The second-order valence-corrected chi connectivity index (χ2v) is 6.71. The van der Waals surface area contributed by atoms with Crippen LogP contribution in [0.4, 0.5) is 15.8 Å². The number of carbonyl (C=O) groups excluding carboxylic acids is 1. The van der Waals surface area contributed by atoms with Crippen LogP contribution in [0, 0.1) is 5.82 Å². The monoisotopic (exact) mass is 342 g/mol. The number of sulfonamides is 1. The molecule has 2 aromatic carbocycles. The summed E-state index contributed by atoms with van der Waals surface area (Å²) in [6.07, 6.45) is 0.959. The molecule has 2 aromatic rings. The van der Waals surface area contributed by atoms with Gasteiger partial charge in [0.05, 0.1) is 17.6 Å². The Morgan fingerprint density at radius 2 is 1.73 bits per heavy atom. The minimum Gasteiger partial charge on any atom is -0.320 e. The molecule has 0 aliphatic heterocycles. The average molecular weight is 343 g/mol. The summed E-state index contributed by atoms with van der Waals surface area (Å²) >= 11 is 5.74. The lowest BCUT2D eigenvalue weighted by atomic mass is 10.2. The zero-order valence-corrected chi connectivity index (χ0v) is 13.0. The van der Waals surface area contributed by atoms with Crippen molar-refractivity contribution in [1.29, 1.82) is 0 Å². The maximum atomic E-state index is 13.3. The van der Waals surface area contributed by atoms with Crippen molar-refractivity contribution < 1.29 is 17.6 Å². The second-order valence-electron chi connectivity index (χ2n) is 4.53. The molecule has 0 unspecified atom stereocenters. The van der Waals surface area contributed by atoms with E-state index in [9.17, 15) is 17.6 Å². The Labute approximate surface area is 132 Å². The molecule has 0 heterocycles. The molecule has 0 atom stereocenters. The van der Waals surface area contributed by atoms with Gasteiger partial charge in [0.25, 0.3) is 5.91 Å². The van der Waals surface area contributed by atoms with Crippen LogP contribution in [0.15, 0.2) is 42.5 Å². The Morgan fingerprint density at radius 1 is 1.09 bits per heavy atom. The number of rotatable bonds is 4. The van der Waals surface area contributed by atoms with Gasteiger partial charge in [0.2, 0.25) is 10.0 Å². The molecule has 0 saturated carbocycles. The largest absolute Gasteiger partial charge is 0.320 e. The van der Waals surface area contributed by atoms with Gasteiger partial charge in [0.1, 0.15) is 5.82 Å². The van der Waals surface area contributed by atoms with Crippen LogP contribution in [-0.4, -0.2) is 20.6 Å². The van der Waals surface area contributed by atoms with E-state index in [2.05, 4.69) is 10.0 Å². The highest BCUT2D eigenvalue weighted by atomic mass is 35.5. The van der Waals surface area contributed by atoms with Gasteiger partial charge >= 0.3 is 0 Å². The topological polar surface area (TPSA) is 75.3 Å². The van der Waals surface area contributed by atoms with Gasteiger partial charge in [0.15, 0.2) is 0 Å². The van der Waals surface area contributed by atoms with Crippen molar-refractivity contribution in [3.63, 3.8) is 0 Å². The molecule has 0 bridgehead atoms. The van der Waals surface area contributed by atoms with Gasteiger partial charge in [-0.25, -0.2) is 12.8 Å². The highest BCUT2D eigenvalue weighted by Gasteiger charge is 2.12. The molecule has 22 heavy (non-hydrogen) atoms. The Morgan fingerprint density at radius 3 is 2.32 bits per heavy atom. The Balaban J connectivity index is 2.29. The summed E-state index contributed by atoms with van der Waals surface area (Å²) in [4.78, 5) is 12.1. The van der Waals surface area contributed by atoms with E-state index >= 15 is 0 Å². The summed E-state index contributed by atoms with van der Waals surface area (Å²) in [6, 6.07) is 9.43. The average Bonchev–Trinajstić information content (AvgIpc) is 2.41. The summed E-state index contributed by atoms with van der Waals surface area (Å²) in [5.74, 6) is -1.12. The molecule has 2 rings (SSSR count). The molecule has 0 saturated heterocycles. The third-order valence-corrected chi connectivity index (χ3v) is 3.47. The lowest BCUT2D eigenvalue weighted by Gasteiger charge is -2.12. The maximum Gasteiger partial charge on any atom is 0.255 e. The summed E-state index contributed by atoms with van der Waals surface area (Å²) in [5.41, 5.74) is 0.399. The van der Waals surface area contributed by atoms with E-state index in [1.807, 2.05) is 0 Å². The van der Waals surface area contributed by atoms with Crippen LogP contribution in [0.5, 0.6) is 0 Å². The summed E-state index contributed by atoms with van der Waals surface area (Å²) < 4.78 is 38.2. The molecule has 1 amide bonds. The maximum absolute atomic E-state index is 13.3. The Kier molecular flexibility index (Phi) is 4.68. The summed E-state index contributed by atoms with van der Waals surface area (Å²) in [7, 11) is -3.56. The highest BCUT2D eigenvalue weighted by Crippen LogP contribution is 2.24. The molecule has 2 N–H and O–H groups in total. The molecular formula is C14H12ClFN2O3S. The summed E-state index contributed by atoms with van der Waals surface area (Å²) in [5, 5.41) is 2.93. The molecule has 8 heteroatoms. The first-order valence-electron chi connectivity index (χ1n) is 6.09. The van der Waals surface area contributed by atoms with Gasteiger partial charge in [-0.1, -0.05) is 11.6 Å². The minimum atomic E-state index is -3.56. The van der Waals surface area contributed by atoms with E-state index in [-0.39, 0.29) is 11.4 Å². The number of hydrogen-bond donors (Lipinski definition) is 2. The Hall–Kier alpha value is -2.12. The molecule has 5 nitrogen and oxygen atoms in total. The van der Waals surface area contributed by atoms with E-state index in [1.54, 1.807) is 0 Å². The van der Waals surface area contributed by atoms with Gasteiger partial charge in [-0.3, -0.25) is 9.52 Å². The molecular weight excluding hydrogens is 331 g/mol. The van der Waals surface area contributed by atoms with Crippen molar-refractivity contribution in [3.05, 3.63) is 58.9 Å². The lowest BCUT2D eigenvalue weighted by Crippen LogP contribution is -2.16. The van der Waals surface area contributed by atoms with Gasteiger partial charge in [-0.05, 0) is 42.5 Å². The van der Waals surface area contributed by atoms with Crippen LogP contribution < -0.4 is 10.0 Å². The number of nitrogens with one attached hydrogen (secondary N) is 2. The third kappa shape index (κ3) is 4.44. The number of benzene rings is 2. The van der Waals surface area contributed by atoms with Crippen LogP contribution in [-0.2, 0) is 10.0 Å². The van der Waals surface area contributed by atoms with Crippen LogP contribution in [0.2, 0.25) is 5.02 Å². The first-order chi connectivity index (χ1) is 10.2. The smallest absolute Gasteiger partial charge is 0.255 e. The van der Waals surface area contributed by atoms with Gasteiger partial charge < -0.3 is 5.32 Å². The minimum absolute atomic E-state index is 0.0189. The molecule has 0 spiro atoms. The van der Waals surface area contributed by atoms with Crippen LogP contribution in [0.3, 0.4) is 0 Å². The van der Waals surface area contributed by atoms with Crippen molar-refractivity contribution in [2.75, 3.05) is 16.3 Å². The highest BCUT2D eigenvalue weighted by molar-refractivity contribution is 7.92. The number of hydrogen-bond acceptors (Lipinski definition) is 3. The van der Waals surface area contributed by atoms with Crippen molar-refractivity contribution in [3.8, 4) is 0 Å². The van der Waals surface area contributed by atoms with Crippen LogP contribution >= 0.6 is 11.6 Å². The molecule has 116 valence electrons. The molecule has 0 aliphatic rings.